The lowest BCUT2D eigenvalue weighted by Crippen LogP contribution is -1.97. The van der Waals surface area contributed by atoms with E-state index in [0.717, 1.165) is 27.4 Å². The van der Waals surface area contributed by atoms with E-state index in [-0.39, 0.29) is 5.92 Å². The fraction of sp³-hybridized carbons (Fsp3) is 0.174. The highest BCUT2D eigenvalue weighted by molar-refractivity contribution is 7.90. The highest BCUT2D eigenvalue weighted by Crippen LogP contribution is 2.32. The molecular weight excluding hydrogens is 402 g/mol. The summed E-state index contributed by atoms with van der Waals surface area (Å²) in [5.41, 5.74) is 2.98. The zero-order valence-corrected chi connectivity index (χ0v) is 18.0. The first-order valence-electron chi connectivity index (χ1n) is 9.19. The molecule has 0 spiro atoms. The standard InChI is InChI=1S/C23H21NO3S2/c1-15(17-4-5-19-13-20(27-2)9-6-18(19)12-17)23-24-22(14-28-23)16-7-10-21(11-8-16)29(3,25)26/h4-15H,1-3H3. The number of thiazole rings is 1. The first-order chi connectivity index (χ1) is 13.8. The molecular formula is C23H21NO3S2. The van der Waals surface area contributed by atoms with E-state index in [4.69, 9.17) is 9.72 Å². The molecule has 0 aliphatic carbocycles. The third-order valence-electron chi connectivity index (χ3n) is 5.04. The molecule has 1 heterocycles. The molecule has 1 unspecified atom stereocenters. The molecule has 0 radical (unpaired) electrons. The first-order valence-corrected chi connectivity index (χ1v) is 12.0. The summed E-state index contributed by atoms with van der Waals surface area (Å²) in [5, 5.41) is 5.36. The van der Waals surface area contributed by atoms with Gasteiger partial charge in [0.25, 0.3) is 0 Å². The average Bonchev–Trinajstić information content (AvgIpc) is 3.22. The van der Waals surface area contributed by atoms with Gasteiger partial charge in [0.05, 0.1) is 17.7 Å². The second-order valence-electron chi connectivity index (χ2n) is 7.06. The highest BCUT2D eigenvalue weighted by Gasteiger charge is 2.15. The Morgan fingerprint density at radius 1 is 0.966 bits per heavy atom. The maximum absolute atomic E-state index is 11.6. The van der Waals surface area contributed by atoms with E-state index >= 15 is 0 Å². The molecule has 1 aromatic heterocycles. The molecule has 0 bridgehead atoms. The third kappa shape index (κ3) is 4.04. The summed E-state index contributed by atoms with van der Waals surface area (Å²) in [7, 11) is -1.52. The van der Waals surface area contributed by atoms with Gasteiger partial charge in [-0.05, 0) is 40.6 Å². The van der Waals surface area contributed by atoms with Crippen LogP contribution in [-0.2, 0) is 9.84 Å². The molecule has 6 heteroatoms. The Labute approximate surface area is 174 Å². The Hall–Kier alpha value is -2.70. The molecule has 0 saturated heterocycles. The molecule has 0 N–H and O–H groups in total. The van der Waals surface area contributed by atoms with Gasteiger partial charge < -0.3 is 4.74 Å². The van der Waals surface area contributed by atoms with Crippen LogP contribution in [0.15, 0.2) is 70.9 Å². The molecule has 0 amide bonds. The number of nitrogens with zero attached hydrogens (tertiary/aromatic N) is 1. The van der Waals surface area contributed by atoms with Crippen molar-refractivity contribution in [2.45, 2.75) is 17.7 Å². The second-order valence-corrected chi connectivity index (χ2v) is 9.97. The maximum Gasteiger partial charge on any atom is 0.175 e. The predicted octanol–water partition coefficient (Wildman–Crippen LogP) is 5.53. The van der Waals surface area contributed by atoms with Crippen molar-refractivity contribution in [2.75, 3.05) is 13.4 Å². The molecule has 0 aliphatic rings. The van der Waals surface area contributed by atoms with Crippen molar-refractivity contribution in [2.24, 2.45) is 0 Å². The second kappa shape index (κ2) is 7.61. The Balaban J connectivity index is 1.61. The van der Waals surface area contributed by atoms with Gasteiger partial charge in [0.15, 0.2) is 9.84 Å². The minimum Gasteiger partial charge on any atom is -0.497 e. The lowest BCUT2D eigenvalue weighted by atomic mass is 9.98. The average molecular weight is 424 g/mol. The lowest BCUT2D eigenvalue weighted by molar-refractivity contribution is 0.415. The van der Waals surface area contributed by atoms with Crippen LogP contribution in [0.25, 0.3) is 22.0 Å². The summed E-state index contributed by atoms with van der Waals surface area (Å²) < 4.78 is 28.6. The van der Waals surface area contributed by atoms with E-state index in [1.165, 1.54) is 17.2 Å². The first kappa shape index (κ1) is 19.6. The number of hydrogen-bond acceptors (Lipinski definition) is 5. The monoisotopic (exact) mass is 423 g/mol. The quantitative estimate of drug-likeness (QED) is 0.424. The van der Waals surface area contributed by atoms with Gasteiger partial charge in [0.1, 0.15) is 10.8 Å². The Morgan fingerprint density at radius 2 is 1.66 bits per heavy atom. The number of fused-ring (bicyclic) bond motifs is 1. The fourth-order valence-corrected chi connectivity index (χ4v) is 4.82. The number of benzene rings is 3. The lowest BCUT2D eigenvalue weighted by Gasteiger charge is -2.11. The molecule has 3 aromatic carbocycles. The van der Waals surface area contributed by atoms with Gasteiger partial charge in [-0.3, -0.25) is 0 Å². The van der Waals surface area contributed by atoms with Crippen molar-refractivity contribution in [1.29, 1.82) is 0 Å². The maximum atomic E-state index is 11.6. The van der Waals surface area contributed by atoms with Gasteiger partial charge in [-0.2, -0.15) is 0 Å². The van der Waals surface area contributed by atoms with Gasteiger partial charge in [-0.1, -0.05) is 43.3 Å². The Bertz CT molecular complexity index is 1280. The van der Waals surface area contributed by atoms with Gasteiger partial charge in [-0.15, -0.1) is 11.3 Å². The molecule has 0 aliphatic heterocycles. The summed E-state index contributed by atoms with van der Waals surface area (Å²) in [5.74, 6) is 1.01. The number of hydrogen-bond donors (Lipinski definition) is 0. The molecule has 29 heavy (non-hydrogen) atoms. The van der Waals surface area contributed by atoms with Crippen LogP contribution in [0.3, 0.4) is 0 Å². The minimum atomic E-state index is -3.19. The molecule has 1 atom stereocenters. The topological polar surface area (TPSA) is 56.3 Å². The fourth-order valence-electron chi connectivity index (χ4n) is 3.27. The largest absolute Gasteiger partial charge is 0.497 e. The van der Waals surface area contributed by atoms with Crippen LogP contribution in [0.2, 0.25) is 0 Å². The van der Waals surface area contributed by atoms with Crippen LogP contribution in [0.5, 0.6) is 5.75 Å². The van der Waals surface area contributed by atoms with Gasteiger partial charge in [0, 0.05) is 23.1 Å². The van der Waals surface area contributed by atoms with Crippen LogP contribution in [-0.4, -0.2) is 26.8 Å². The van der Waals surface area contributed by atoms with E-state index < -0.39 is 9.84 Å². The summed E-state index contributed by atoms with van der Waals surface area (Å²) in [4.78, 5) is 5.12. The van der Waals surface area contributed by atoms with Gasteiger partial charge in [0.2, 0.25) is 0 Å². The predicted molar refractivity (Wildman–Crippen MR) is 119 cm³/mol. The number of sulfone groups is 1. The molecule has 0 fully saturated rings. The normalized spacial score (nSPS) is 12.8. The van der Waals surface area contributed by atoms with E-state index in [1.54, 1.807) is 30.6 Å². The summed E-state index contributed by atoms with van der Waals surface area (Å²) >= 11 is 1.62. The van der Waals surface area contributed by atoms with Crippen LogP contribution in [0, 0.1) is 0 Å². The van der Waals surface area contributed by atoms with E-state index in [2.05, 4.69) is 31.2 Å². The summed E-state index contributed by atoms with van der Waals surface area (Å²) in [6.07, 6.45) is 1.21. The van der Waals surface area contributed by atoms with Crippen molar-refractivity contribution >= 4 is 31.9 Å². The number of ether oxygens (including phenoxy) is 1. The number of aromatic nitrogens is 1. The molecule has 4 rings (SSSR count). The summed E-state index contributed by atoms with van der Waals surface area (Å²) in [6.45, 7) is 2.15. The smallest absolute Gasteiger partial charge is 0.175 e. The van der Waals surface area contributed by atoms with Crippen LogP contribution >= 0.6 is 11.3 Å². The molecule has 0 saturated carbocycles. The van der Waals surface area contributed by atoms with Crippen LogP contribution in [0.4, 0.5) is 0 Å². The van der Waals surface area contributed by atoms with Crippen molar-refractivity contribution in [3.05, 3.63) is 76.6 Å². The Kier molecular flexibility index (Phi) is 5.15. The van der Waals surface area contributed by atoms with Crippen molar-refractivity contribution in [3.8, 4) is 17.0 Å². The van der Waals surface area contributed by atoms with Gasteiger partial charge in [-0.25, -0.2) is 13.4 Å². The third-order valence-corrected chi connectivity index (χ3v) is 7.20. The Morgan fingerprint density at radius 3 is 2.34 bits per heavy atom. The molecule has 4 nitrogen and oxygen atoms in total. The van der Waals surface area contributed by atoms with E-state index in [9.17, 15) is 8.42 Å². The number of methoxy groups -OCH3 is 1. The van der Waals surface area contributed by atoms with Crippen LogP contribution in [0.1, 0.15) is 23.4 Å². The molecule has 4 aromatic rings. The minimum absolute atomic E-state index is 0.163. The van der Waals surface area contributed by atoms with Crippen molar-refractivity contribution in [3.63, 3.8) is 0 Å². The molecule has 148 valence electrons. The zero-order chi connectivity index (χ0) is 20.6. The van der Waals surface area contributed by atoms with E-state index in [0.29, 0.717) is 4.90 Å². The van der Waals surface area contributed by atoms with Crippen LogP contribution < -0.4 is 4.74 Å². The van der Waals surface area contributed by atoms with Crippen molar-refractivity contribution < 1.29 is 13.2 Å². The van der Waals surface area contributed by atoms with Crippen molar-refractivity contribution in [1.82, 2.24) is 4.98 Å². The zero-order valence-electron chi connectivity index (χ0n) is 16.4. The van der Waals surface area contributed by atoms with Gasteiger partial charge >= 0.3 is 0 Å². The SMILES string of the molecule is COc1ccc2cc(C(C)c3nc(-c4ccc(S(C)(=O)=O)cc4)cs3)ccc2c1. The summed E-state index contributed by atoms with van der Waals surface area (Å²) in [6, 6.07) is 19.4. The highest BCUT2D eigenvalue weighted by atomic mass is 32.2. The van der Waals surface area contributed by atoms with E-state index in [1.807, 2.05) is 29.6 Å². The number of rotatable bonds is 5.